The van der Waals surface area contributed by atoms with Crippen LogP contribution in [-0.4, -0.2) is 18.6 Å². The largest absolute Gasteiger partial charge is 0.325 e. The van der Waals surface area contributed by atoms with Gasteiger partial charge in [-0.05, 0) is 45.1 Å². The summed E-state index contributed by atoms with van der Waals surface area (Å²) >= 11 is 0. The normalized spacial score (nSPS) is 32.0. The van der Waals surface area contributed by atoms with E-state index < -0.39 is 0 Å². The van der Waals surface area contributed by atoms with E-state index in [4.69, 9.17) is 5.73 Å². The van der Waals surface area contributed by atoms with Crippen LogP contribution in [0.1, 0.15) is 65.7 Å². The fourth-order valence-corrected chi connectivity index (χ4v) is 3.25. The molecule has 0 radical (unpaired) electrons. The van der Waals surface area contributed by atoms with Gasteiger partial charge in [0.05, 0.1) is 0 Å². The predicted molar refractivity (Wildman–Crippen MR) is 79.2 cm³/mol. The van der Waals surface area contributed by atoms with E-state index in [9.17, 15) is 0 Å². The molecule has 3 heteroatoms. The Kier molecular flexibility index (Phi) is 6.61. The average molecular weight is 255 g/mol. The molecule has 0 saturated heterocycles. The monoisotopic (exact) mass is 255 g/mol. The third kappa shape index (κ3) is 5.68. The summed E-state index contributed by atoms with van der Waals surface area (Å²) in [6.07, 6.45) is 9.01. The van der Waals surface area contributed by atoms with Crippen molar-refractivity contribution in [1.29, 1.82) is 0 Å². The second-order valence-electron chi connectivity index (χ2n) is 6.80. The zero-order valence-corrected chi connectivity index (χ0v) is 12.8. The maximum absolute atomic E-state index is 6.43. The van der Waals surface area contributed by atoms with Crippen molar-refractivity contribution in [2.75, 3.05) is 7.05 Å². The number of rotatable bonds is 5. The molecule has 1 saturated carbocycles. The van der Waals surface area contributed by atoms with E-state index in [1.54, 1.807) is 0 Å². The zero-order chi connectivity index (χ0) is 13.6. The van der Waals surface area contributed by atoms with Crippen molar-refractivity contribution >= 4 is 0 Å². The lowest BCUT2D eigenvalue weighted by Gasteiger charge is -2.35. The molecule has 1 fully saturated rings. The molecular formula is C15H33N3. The molecule has 0 aliphatic heterocycles. The highest BCUT2D eigenvalue weighted by atomic mass is 15.3. The second kappa shape index (κ2) is 7.46. The van der Waals surface area contributed by atoms with Gasteiger partial charge in [-0.15, -0.1) is 0 Å². The van der Waals surface area contributed by atoms with Crippen LogP contribution in [0.25, 0.3) is 0 Å². The Morgan fingerprint density at radius 3 is 2.61 bits per heavy atom. The first kappa shape index (κ1) is 15.9. The minimum absolute atomic E-state index is 0.0479. The van der Waals surface area contributed by atoms with Crippen molar-refractivity contribution in [1.82, 2.24) is 10.9 Å². The van der Waals surface area contributed by atoms with E-state index >= 15 is 0 Å². The first-order valence-corrected chi connectivity index (χ1v) is 7.66. The van der Waals surface area contributed by atoms with Gasteiger partial charge in [-0.3, -0.25) is 10.9 Å². The SMILES string of the molecule is CNNC(CC1CCCCCC(C)(N)C1)C(C)C. The Morgan fingerprint density at radius 2 is 2.00 bits per heavy atom. The molecule has 3 unspecified atom stereocenters. The summed E-state index contributed by atoms with van der Waals surface area (Å²) in [5.41, 5.74) is 13.0. The van der Waals surface area contributed by atoms with E-state index in [1.165, 1.54) is 44.9 Å². The molecule has 0 amide bonds. The van der Waals surface area contributed by atoms with Gasteiger partial charge in [-0.1, -0.05) is 39.5 Å². The molecule has 3 atom stereocenters. The number of hydrogen-bond donors (Lipinski definition) is 3. The van der Waals surface area contributed by atoms with Crippen molar-refractivity contribution in [2.45, 2.75) is 77.3 Å². The third-order valence-electron chi connectivity index (χ3n) is 4.34. The highest BCUT2D eigenvalue weighted by Crippen LogP contribution is 2.31. The Hall–Kier alpha value is -0.120. The highest BCUT2D eigenvalue weighted by Gasteiger charge is 2.27. The fourth-order valence-electron chi connectivity index (χ4n) is 3.25. The van der Waals surface area contributed by atoms with Crippen molar-refractivity contribution in [3.8, 4) is 0 Å². The molecule has 4 N–H and O–H groups in total. The predicted octanol–water partition coefficient (Wildman–Crippen LogP) is 2.81. The van der Waals surface area contributed by atoms with Crippen molar-refractivity contribution in [3.05, 3.63) is 0 Å². The summed E-state index contributed by atoms with van der Waals surface area (Å²) in [7, 11) is 1.96. The summed E-state index contributed by atoms with van der Waals surface area (Å²) in [6, 6.07) is 0.551. The molecule has 0 spiro atoms. The summed E-state index contributed by atoms with van der Waals surface area (Å²) in [5.74, 6) is 1.43. The molecule has 1 aliphatic rings. The lowest BCUT2D eigenvalue weighted by Crippen LogP contribution is -2.45. The van der Waals surface area contributed by atoms with Crippen molar-refractivity contribution in [2.24, 2.45) is 17.6 Å². The summed E-state index contributed by atoms with van der Waals surface area (Å²) in [4.78, 5) is 0. The van der Waals surface area contributed by atoms with E-state index in [2.05, 4.69) is 31.6 Å². The fraction of sp³-hybridized carbons (Fsp3) is 1.00. The molecule has 1 aliphatic carbocycles. The summed E-state index contributed by atoms with van der Waals surface area (Å²) in [5, 5.41) is 0. The molecule has 0 heterocycles. The van der Waals surface area contributed by atoms with Crippen LogP contribution in [0.2, 0.25) is 0 Å². The number of hydrogen-bond acceptors (Lipinski definition) is 3. The van der Waals surface area contributed by atoms with Gasteiger partial charge in [0.2, 0.25) is 0 Å². The molecule has 1 rings (SSSR count). The number of hydrazine groups is 1. The van der Waals surface area contributed by atoms with Crippen LogP contribution in [0.3, 0.4) is 0 Å². The Balaban J connectivity index is 2.55. The smallest absolute Gasteiger partial charge is 0.0238 e. The maximum atomic E-state index is 6.43. The standard InChI is InChI=1S/C15H33N3/c1-12(2)14(18-17-4)10-13-8-6-5-7-9-15(3,16)11-13/h12-14,17-18H,5-11,16H2,1-4H3. The third-order valence-corrected chi connectivity index (χ3v) is 4.34. The van der Waals surface area contributed by atoms with Crippen LogP contribution in [0.15, 0.2) is 0 Å². The van der Waals surface area contributed by atoms with Gasteiger partial charge in [-0.2, -0.15) is 0 Å². The van der Waals surface area contributed by atoms with Crippen LogP contribution in [0, 0.1) is 11.8 Å². The number of nitrogens with two attached hydrogens (primary N) is 1. The lowest BCUT2D eigenvalue weighted by atomic mass is 9.77. The first-order valence-electron chi connectivity index (χ1n) is 7.66. The Morgan fingerprint density at radius 1 is 1.28 bits per heavy atom. The van der Waals surface area contributed by atoms with Gasteiger partial charge in [0.15, 0.2) is 0 Å². The molecular weight excluding hydrogens is 222 g/mol. The molecule has 0 aromatic rings. The maximum Gasteiger partial charge on any atom is 0.0238 e. The van der Waals surface area contributed by atoms with Gasteiger partial charge < -0.3 is 5.73 Å². The van der Waals surface area contributed by atoms with Crippen LogP contribution < -0.4 is 16.6 Å². The van der Waals surface area contributed by atoms with Crippen LogP contribution in [0.5, 0.6) is 0 Å². The van der Waals surface area contributed by atoms with E-state index in [0.717, 1.165) is 5.92 Å². The lowest BCUT2D eigenvalue weighted by molar-refractivity contribution is 0.219. The van der Waals surface area contributed by atoms with Gasteiger partial charge in [0.1, 0.15) is 0 Å². The Labute approximate surface area is 113 Å². The molecule has 0 aromatic heterocycles. The van der Waals surface area contributed by atoms with Crippen molar-refractivity contribution < 1.29 is 0 Å². The van der Waals surface area contributed by atoms with E-state index in [0.29, 0.717) is 12.0 Å². The molecule has 0 aromatic carbocycles. The van der Waals surface area contributed by atoms with E-state index in [1.807, 2.05) is 7.05 Å². The van der Waals surface area contributed by atoms with Crippen LogP contribution in [0.4, 0.5) is 0 Å². The minimum Gasteiger partial charge on any atom is -0.325 e. The topological polar surface area (TPSA) is 50.1 Å². The average Bonchev–Trinajstić information content (AvgIpc) is 2.24. The summed E-state index contributed by atoms with van der Waals surface area (Å²) < 4.78 is 0. The number of nitrogens with one attached hydrogen (secondary N) is 2. The highest BCUT2D eigenvalue weighted by molar-refractivity contribution is 4.86. The minimum atomic E-state index is 0.0479. The molecule has 18 heavy (non-hydrogen) atoms. The van der Waals surface area contributed by atoms with E-state index in [-0.39, 0.29) is 5.54 Å². The zero-order valence-electron chi connectivity index (χ0n) is 12.8. The van der Waals surface area contributed by atoms with Gasteiger partial charge in [0, 0.05) is 11.6 Å². The van der Waals surface area contributed by atoms with Gasteiger partial charge in [-0.25, -0.2) is 0 Å². The van der Waals surface area contributed by atoms with Gasteiger partial charge >= 0.3 is 0 Å². The summed E-state index contributed by atoms with van der Waals surface area (Å²) in [6.45, 7) is 6.82. The van der Waals surface area contributed by atoms with Crippen LogP contribution in [-0.2, 0) is 0 Å². The van der Waals surface area contributed by atoms with Gasteiger partial charge in [0.25, 0.3) is 0 Å². The van der Waals surface area contributed by atoms with Crippen molar-refractivity contribution in [3.63, 3.8) is 0 Å². The first-order chi connectivity index (χ1) is 8.44. The molecule has 0 bridgehead atoms. The Bertz CT molecular complexity index is 226. The molecule has 3 nitrogen and oxygen atoms in total. The second-order valence-corrected chi connectivity index (χ2v) is 6.80. The van der Waals surface area contributed by atoms with Crippen LogP contribution >= 0.6 is 0 Å². The quantitative estimate of drug-likeness (QED) is 0.662. The molecule has 108 valence electrons.